The summed E-state index contributed by atoms with van der Waals surface area (Å²) >= 11 is 1.59. The van der Waals surface area contributed by atoms with Crippen molar-refractivity contribution >= 4 is 34.8 Å². The third kappa shape index (κ3) is 8.35. The molecule has 0 bridgehead atoms. The van der Waals surface area contributed by atoms with E-state index in [0.717, 1.165) is 89.0 Å². The number of hydrogen-bond acceptors (Lipinski definition) is 9. The van der Waals surface area contributed by atoms with Crippen molar-refractivity contribution in [2.75, 3.05) is 13.1 Å². The molecular formula is C50H48N6O5S. The van der Waals surface area contributed by atoms with Gasteiger partial charge >= 0.3 is 0 Å². The lowest BCUT2D eigenvalue weighted by atomic mass is 9.91. The van der Waals surface area contributed by atoms with Crippen LogP contribution in [0.3, 0.4) is 0 Å². The van der Waals surface area contributed by atoms with E-state index in [1.807, 2.05) is 89.8 Å². The normalized spacial score (nSPS) is 19.6. The van der Waals surface area contributed by atoms with Gasteiger partial charge in [0.15, 0.2) is 0 Å². The van der Waals surface area contributed by atoms with Gasteiger partial charge in [-0.25, -0.2) is 4.98 Å². The molecule has 0 radical (unpaired) electrons. The summed E-state index contributed by atoms with van der Waals surface area (Å²) in [6.07, 6.45) is 7.09. The number of nitrogens with zero attached hydrogens (tertiary/aromatic N) is 5. The summed E-state index contributed by atoms with van der Waals surface area (Å²) in [5, 5.41) is 10.3. The van der Waals surface area contributed by atoms with Gasteiger partial charge in [0.1, 0.15) is 22.9 Å². The topological polar surface area (TPSA) is 139 Å². The zero-order valence-electron chi connectivity index (χ0n) is 34.4. The number of hydrogen-bond donors (Lipinski definition) is 1. The first-order valence-corrected chi connectivity index (χ1v) is 22.8. The molecule has 2 aliphatic heterocycles. The van der Waals surface area contributed by atoms with Crippen molar-refractivity contribution < 1.29 is 23.7 Å². The molecule has 2 aliphatic carbocycles. The van der Waals surface area contributed by atoms with E-state index in [1.54, 1.807) is 16.2 Å². The number of benzene rings is 4. The van der Waals surface area contributed by atoms with Gasteiger partial charge < -0.3 is 19.6 Å². The molecule has 6 aromatic rings. The van der Waals surface area contributed by atoms with Crippen molar-refractivity contribution in [2.45, 2.75) is 81.8 Å². The van der Waals surface area contributed by atoms with E-state index in [-0.39, 0.29) is 53.8 Å². The molecule has 12 heteroatoms. The first-order valence-electron chi connectivity index (χ1n) is 21.9. The van der Waals surface area contributed by atoms with E-state index >= 15 is 0 Å². The van der Waals surface area contributed by atoms with Gasteiger partial charge in [0.25, 0.3) is 0 Å². The van der Waals surface area contributed by atoms with Gasteiger partial charge in [-0.1, -0.05) is 114 Å². The summed E-state index contributed by atoms with van der Waals surface area (Å²) < 4.78 is 5.79. The van der Waals surface area contributed by atoms with Gasteiger partial charge in [-0.2, -0.15) is 4.98 Å². The first kappa shape index (κ1) is 39.8. The van der Waals surface area contributed by atoms with Crippen LogP contribution in [-0.2, 0) is 19.2 Å². The zero-order chi connectivity index (χ0) is 42.2. The summed E-state index contributed by atoms with van der Waals surface area (Å²) in [6.45, 7) is 1.21. The molecule has 62 heavy (non-hydrogen) atoms. The van der Waals surface area contributed by atoms with E-state index in [9.17, 15) is 19.2 Å². The maximum atomic E-state index is 14.2. The highest BCUT2D eigenvalue weighted by Crippen LogP contribution is 2.41. The molecule has 0 unspecified atom stereocenters. The quantitative estimate of drug-likeness (QED) is 0.115. The van der Waals surface area contributed by atoms with Crippen LogP contribution < -0.4 is 5.32 Å². The molecule has 11 nitrogen and oxygen atoms in total. The minimum Gasteiger partial charge on any atom is -0.340 e. The predicted molar refractivity (Wildman–Crippen MR) is 235 cm³/mol. The van der Waals surface area contributed by atoms with E-state index in [4.69, 9.17) is 14.5 Å². The molecule has 4 aliphatic rings. The van der Waals surface area contributed by atoms with Crippen LogP contribution in [0.4, 0.5) is 0 Å². The van der Waals surface area contributed by atoms with Crippen molar-refractivity contribution in [3.05, 3.63) is 137 Å². The number of amides is 3. The molecule has 4 heterocycles. The Morgan fingerprint density at radius 3 is 1.87 bits per heavy atom. The second-order valence-corrected chi connectivity index (χ2v) is 18.0. The van der Waals surface area contributed by atoms with Crippen molar-refractivity contribution in [1.82, 2.24) is 30.2 Å². The number of likely N-dealkylation sites (tertiary alicyclic amines) is 2. The highest BCUT2D eigenvalue weighted by molar-refractivity contribution is 7.10. The smallest absolute Gasteiger partial charge is 0.250 e. The van der Waals surface area contributed by atoms with E-state index in [0.29, 0.717) is 31.2 Å². The number of ketones is 1. The fraction of sp³-hybridized carbons (Fsp3) is 0.340. The molecule has 1 N–H and O–H groups in total. The molecule has 4 fully saturated rings. The van der Waals surface area contributed by atoms with Gasteiger partial charge in [-0.05, 0) is 73.6 Å². The van der Waals surface area contributed by atoms with Crippen LogP contribution in [0.25, 0.3) is 33.8 Å². The molecule has 4 aromatic carbocycles. The molecular weight excluding hydrogens is 797 g/mol. The Balaban J connectivity index is 0.797. The Labute approximate surface area is 364 Å². The lowest BCUT2D eigenvalue weighted by molar-refractivity contribution is -0.138. The van der Waals surface area contributed by atoms with E-state index < -0.39 is 12.0 Å². The van der Waals surface area contributed by atoms with Crippen LogP contribution >= 0.6 is 11.3 Å². The molecule has 2 aromatic heterocycles. The summed E-state index contributed by atoms with van der Waals surface area (Å²) in [5.41, 5.74) is 6.42. The number of carbonyl (C=O) groups excluding carboxylic acids is 4. The van der Waals surface area contributed by atoms with Crippen molar-refractivity contribution in [3.63, 3.8) is 0 Å². The predicted octanol–water partition coefficient (Wildman–Crippen LogP) is 9.27. The highest BCUT2D eigenvalue weighted by atomic mass is 32.1. The monoisotopic (exact) mass is 844 g/mol. The Hall–Kier alpha value is -6.27. The van der Waals surface area contributed by atoms with Crippen LogP contribution in [0.15, 0.2) is 119 Å². The third-order valence-electron chi connectivity index (χ3n) is 12.8. The Morgan fingerprint density at radius 2 is 1.23 bits per heavy atom. The Kier molecular flexibility index (Phi) is 11.1. The first-order chi connectivity index (χ1) is 30.4. The average Bonchev–Trinajstić information content (AvgIpc) is 4.07. The average molecular weight is 845 g/mol. The summed E-state index contributed by atoms with van der Waals surface area (Å²) in [6, 6.07) is 34.3. The molecule has 4 atom stereocenters. The number of Topliss-reactive ketones (excluding diaryl/α,β-unsaturated/α-hetero) is 1. The largest absolute Gasteiger partial charge is 0.340 e. The SMILES string of the molecule is O=C(C[C@@H](C(=O)N1CCC[C@H]1c1nc(-c2ccc(-c3ccc(-c4noc([C@@H]5CCCN5C(=O)[C@H](NC(=O)C5CC5)c5ccccc5)n4)cc3)cc2)cs1)c1ccccc1)C1CC1. The lowest BCUT2D eigenvalue weighted by Crippen LogP contribution is -2.43. The molecule has 0 spiro atoms. The second kappa shape index (κ2) is 17.2. The molecule has 2 saturated carbocycles. The number of rotatable bonds is 14. The number of thiazole rings is 1. The number of aromatic nitrogens is 3. The molecule has 314 valence electrons. The minimum atomic E-state index is -0.776. The summed E-state index contributed by atoms with van der Waals surface area (Å²) in [5.74, 6) is 0.444. The van der Waals surface area contributed by atoms with E-state index in [1.165, 1.54) is 0 Å². The summed E-state index contributed by atoms with van der Waals surface area (Å²) in [7, 11) is 0. The maximum absolute atomic E-state index is 14.2. The van der Waals surface area contributed by atoms with E-state index in [2.05, 4.69) is 40.1 Å². The van der Waals surface area contributed by atoms with Crippen LogP contribution in [0.5, 0.6) is 0 Å². The lowest BCUT2D eigenvalue weighted by Gasteiger charge is -2.28. The number of nitrogens with one attached hydrogen (secondary N) is 1. The molecule has 10 rings (SSSR count). The minimum absolute atomic E-state index is 0.0185. The Bertz CT molecular complexity index is 2390. The second-order valence-electron chi connectivity index (χ2n) is 17.1. The van der Waals surface area contributed by atoms with Gasteiger partial charge in [-0.15, -0.1) is 11.3 Å². The fourth-order valence-electron chi connectivity index (χ4n) is 8.99. The van der Waals surface area contributed by atoms with Crippen molar-refractivity contribution in [1.29, 1.82) is 0 Å². The highest BCUT2D eigenvalue weighted by Gasteiger charge is 2.41. The molecule has 2 saturated heterocycles. The van der Waals surface area contributed by atoms with Crippen molar-refractivity contribution in [2.24, 2.45) is 11.8 Å². The van der Waals surface area contributed by atoms with Crippen molar-refractivity contribution in [3.8, 4) is 33.8 Å². The van der Waals surface area contributed by atoms with Gasteiger partial charge in [0, 0.05) is 47.9 Å². The number of carbonyl (C=O) groups is 4. The Morgan fingerprint density at radius 1 is 0.645 bits per heavy atom. The van der Waals surface area contributed by atoms with Gasteiger partial charge in [-0.3, -0.25) is 19.2 Å². The van der Waals surface area contributed by atoms with Crippen LogP contribution in [-0.4, -0.2) is 61.5 Å². The standard InChI is InChI=1S/C50H48N6O5S/c57-43(35-21-22-35)29-39(33-9-3-1-4-10-33)49(59)56-28-8-14-42(56)48-51-40(30-62-48)34-19-15-31(16-20-34)32-17-23-37(24-18-32)45-53-47(61-54-45)41-13-7-27-55(41)50(60)44(36-11-5-2-6-12-36)52-46(58)38-25-26-38/h1-6,9-12,15-20,23-24,30,35,38-39,41-42,44H,7-8,13-14,21-22,25-29H2,(H,52,58)/t39-,41+,42+,44-/m1/s1. The molecule has 3 amide bonds. The summed E-state index contributed by atoms with van der Waals surface area (Å²) in [4.78, 5) is 67.5. The van der Waals surface area contributed by atoms with Crippen LogP contribution in [0.1, 0.15) is 104 Å². The van der Waals surface area contributed by atoms with Crippen LogP contribution in [0.2, 0.25) is 0 Å². The van der Waals surface area contributed by atoms with Crippen LogP contribution in [0, 0.1) is 11.8 Å². The third-order valence-corrected chi connectivity index (χ3v) is 13.8. The fourth-order valence-corrected chi connectivity index (χ4v) is 9.97. The van der Waals surface area contributed by atoms with Gasteiger partial charge in [0.2, 0.25) is 29.4 Å². The maximum Gasteiger partial charge on any atom is 0.250 e. The van der Waals surface area contributed by atoms with Gasteiger partial charge in [0.05, 0.1) is 17.7 Å². The zero-order valence-corrected chi connectivity index (χ0v) is 35.2.